The summed E-state index contributed by atoms with van der Waals surface area (Å²) in [5, 5.41) is 10.0. The molecule has 0 saturated carbocycles. The van der Waals surface area contributed by atoms with Gasteiger partial charge < -0.3 is 19.5 Å². The van der Waals surface area contributed by atoms with E-state index in [1.54, 1.807) is 6.20 Å². The van der Waals surface area contributed by atoms with Crippen molar-refractivity contribution in [3.05, 3.63) is 48.9 Å². The Morgan fingerprint density at radius 2 is 2.00 bits per heavy atom. The molecule has 0 bridgehead atoms. The van der Waals surface area contributed by atoms with Crippen LogP contribution in [0.4, 0.5) is 5.95 Å². The zero-order valence-electron chi connectivity index (χ0n) is 16.2. The van der Waals surface area contributed by atoms with Crippen LogP contribution in [0, 0.1) is 5.92 Å². The van der Waals surface area contributed by atoms with Gasteiger partial charge in [-0.05, 0) is 42.2 Å². The van der Waals surface area contributed by atoms with Crippen LogP contribution in [0.1, 0.15) is 13.3 Å². The van der Waals surface area contributed by atoms with Gasteiger partial charge in [-0.3, -0.25) is 4.98 Å². The van der Waals surface area contributed by atoms with Crippen molar-refractivity contribution in [1.82, 2.24) is 15.0 Å². The number of benzene rings is 1. The van der Waals surface area contributed by atoms with Gasteiger partial charge >= 0.3 is 0 Å². The molecule has 2 aliphatic rings. The summed E-state index contributed by atoms with van der Waals surface area (Å²) in [5.41, 5.74) is 3.61. The maximum atomic E-state index is 10.0. The molecule has 2 aromatic heterocycles. The van der Waals surface area contributed by atoms with Gasteiger partial charge in [0.05, 0.1) is 11.8 Å². The molecule has 0 unspecified atom stereocenters. The number of anilines is 1. The van der Waals surface area contributed by atoms with Crippen molar-refractivity contribution in [3.8, 4) is 33.9 Å². The first-order valence-corrected chi connectivity index (χ1v) is 9.79. The normalized spacial score (nSPS) is 20.7. The molecular formula is C22H22N4O3. The molecule has 0 radical (unpaired) electrons. The van der Waals surface area contributed by atoms with Gasteiger partial charge in [-0.25, -0.2) is 9.97 Å². The summed E-state index contributed by atoms with van der Waals surface area (Å²) >= 11 is 0. The van der Waals surface area contributed by atoms with Gasteiger partial charge in [-0.2, -0.15) is 0 Å². The molecule has 7 nitrogen and oxygen atoms in total. The maximum absolute atomic E-state index is 10.0. The standard InChI is InChI=1S/C22H22N4O3/c1-14-12-26(8-6-18(14)27)22-24-11-17(21(25-22)16-3-2-7-23-10-16)15-4-5-19-20(9-15)29-13-28-19/h2-5,7,9-11,14,18,27H,6,8,12-13H2,1H3/t14-,18-/m0/s1. The van der Waals surface area contributed by atoms with Gasteiger partial charge in [0.1, 0.15) is 0 Å². The van der Waals surface area contributed by atoms with E-state index in [4.69, 9.17) is 14.5 Å². The van der Waals surface area contributed by atoms with Crippen molar-refractivity contribution in [3.63, 3.8) is 0 Å². The number of rotatable bonds is 3. The van der Waals surface area contributed by atoms with Gasteiger partial charge in [-0.1, -0.05) is 13.0 Å². The predicted molar refractivity (Wildman–Crippen MR) is 109 cm³/mol. The lowest BCUT2D eigenvalue weighted by Gasteiger charge is -2.34. The first-order valence-electron chi connectivity index (χ1n) is 9.79. The highest BCUT2D eigenvalue weighted by atomic mass is 16.7. The van der Waals surface area contributed by atoms with Gasteiger partial charge in [0.2, 0.25) is 12.7 Å². The Kier molecular flexibility index (Phi) is 4.52. The zero-order chi connectivity index (χ0) is 19.8. The fourth-order valence-corrected chi connectivity index (χ4v) is 3.84. The van der Waals surface area contributed by atoms with Crippen LogP contribution in [0.5, 0.6) is 11.5 Å². The number of aliphatic hydroxyl groups is 1. The number of piperidine rings is 1. The molecular weight excluding hydrogens is 368 g/mol. The average Bonchev–Trinajstić information content (AvgIpc) is 3.24. The molecule has 148 valence electrons. The lowest BCUT2D eigenvalue weighted by Crippen LogP contribution is -2.42. The quantitative estimate of drug-likeness (QED) is 0.736. The van der Waals surface area contributed by atoms with E-state index in [9.17, 15) is 5.11 Å². The Labute approximate surface area is 169 Å². The predicted octanol–water partition coefficient (Wildman–Crippen LogP) is 3.14. The van der Waals surface area contributed by atoms with Crippen molar-refractivity contribution >= 4 is 5.95 Å². The van der Waals surface area contributed by atoms with Gasteiger partial charge in [0.25, 0.3) is 0 Å². The Morgan fingerprint density at radius 1 is 1.10 bits per heavy atom. The van der Waals surface area contributed by atoms with Crippen LogP contribution < -0.4 is 14.4 Å². The van der Waals surface area contributed by atoms with E-state index in [-0.39, 0.29) is 18.8 Å². The van der Waals surface area contributed by atoms with Crippen molar-refractivity contribution in [1.29, 1.82) is 0 Å². The number of fused-ring (bicyclic) bond motifs is 1. The Morgan fingerprint density at radius 3 is 2.83 bits per heavy atom. The van der Waals surface area contributed by atoms with E-state index < -0.39 is 0 Å². The Balaban J connectivity index is 1.58. The topological polar surface area (TPSA) is 80.6 Å². The molecule has 2 atom stereocenters. The first-order chi connectivity index (χ1) is 14.2. The highest BCUT2D eigenvalue weighted by Crippen LogP contribution is 2.38. The molecule has 5 rings (SSSR count). The number of hydrogen-bond acceptors (Lipinski definition) is 7. The second-order valence-corrected chi connectivity index (χ2v) is 7.52. The second-order valence-electron chi connectivity index (χ2n) is 7.52. The van der Waals surface area contributed by atoms with Gasteiger partial charge in [0, 0.05) is 42.8 Å². The summed E-state index contributed by atoms with van der Waals surface area (Å²) in [7, 11) is 0. The van der Waals surface area contributed by atoms with E-state index in [1.807, 2.05) is 42.7 Å². The number of aliphatic hydroxyl groups excluding tert-OH is 1. The molecule has 3 aromatic rings. The van der Waals surface area contributed by atoms with Crippen molar-refractivity contribution < 1.29 is 14.6 Å². The van der Waals surface area contributed by atoms with Gasteiger partial charge in [-0.15, -0.1) is 0 Å². The molecule has 1 aromatic carbocycles. The van der Waals surface area contributed by atoms with Crippen molar-refractivity contribution in [2.45, 2.75) is 19.4 Å². The molecule has 7 heteroatoms. The molecule has 4 heterocycles. The summed E-state index contributed by atoms with van der Waals surface area (Å²) in [4.78, 5) is 16.0. The molecule has 1 saturated heterocycles. The minimum atomic E-state index is -0.267. The van der Waals surface area contributed by atoms with Crippen LogP contribution >= 0.6 is 0 Å². The van der Waals surface area contributed by atoms with E-state index in [0.29, 0.717) is 5.95 Å². The summed E-state index contributed by atoms with van der Waals surface area (Å²) in [5.74, 6) is 2.33. The summed E-state index contributed by atoms with van der Waals surface area (Å²) in [6, 6.07) is 9.76. The Hall–Kier alpha value is -3.19. The molecule has 1 N–H and O–H groups in total. The number of nitrogens with zero attached hydrogens (tertiary/aromatic N) is 4. The van der Waals surface area contributed by atoms with Gasteiger partial charge in [0.15, 0.2) is 11.5 Å². The minimum absolute atomic E-state index is 0.183. The van der Waals surface area contributed by atoms with E-state index in [2.05, 4.69) is 21.8 Å². The molecule has 29 heavy (non-hydrogen) atoms. The molecule has 0 spiro atoms. The van der Waals surface area contributed by atoms with E-state index >= 15 is 0 Å². The molecule has 0 amide bonds. The highest BCUT2D eigenvalue weighted by molar-refractivity contribution is 5.81. The largest absolute Gasteiger partial charge is 0.454 e. The smallest absolute Gasteiger partial charge is 0.231 e. The number of aromatic nitrogens is 3. The fourth-order valence-electron chi connectivity index (χ4n) is 3.84. The first kappa shape index (κ1) is 17.9. The second kappa shape index (κ2) is 7.33. The number of pyridine rings is 1. The summed E-state index contributed by atoms with van der Waals surface area (Å²) in [6.45, 7) is 3.76. The van der Waals surface area contributed by atoms with Crippen LogP contribution in [0.3, 0.4) is 0 Å². The molecule has 2 aliphatic heterocycles. The minimum Gasteiger partial charge on any atom is -0.454 e. The van der Waals surface area contributed by atoms with E-state index in [0.717, 1.165) is 53.4 Å². The third-order valence-electron chi connectivity index (χ3n) is 5.54. The maximum Gasteiger partial charge on any atom is 0.231 e. The highest BCUT2D eigenvalue weighted by Gasteiger charge is 2.26. The van der Waals surface area contributed by atoms with Crippen LogP contribution in [0.15, 0.2) is 48.9 Å². The monoisotopic (exact) mass is 390 g/mol. The SMILES string of the molecule is C[C@H]1CN(c2ncc(-c3ccc4c(c3)OCO4)c(-c3cccnc3)n2)CC[C@@H]1O. The van der Waals surface area contributed by atoms with Crippen molar-refractivity contribution in [2.75, 3.05) is 24.8 Å². The Bertz CT molecular complexity index is 1030. The average molecular weight is 390 g/mol. The third-order valence-corrected chi connectivity index (χ3v) is 5.54. The third kappa shape index (κ3) is 3.38. The fraction of sp³-hybridized carbons (Fsp3) is 0.318. The van der Waals surface area contributed by atoms with Crippen LogP contribution in [0.25, 0.3) is 22.4 Å². The van der Waals surface area contributed by atoms with Crippen LogP contribution in [0.2, 0.25) is 0 Å². The van der Waals surface area contributed by atoms with Crippen molar-refractivity contribution in [2.24, 2.45) is 5.92 Å². The number of hydrogen-bond donors (Lipinski definition) is 1. The zero-order valence-corrected chi connectivity index (χ0v) is 16.2. The molecule has 0 aliphatic carbocycles. The lowest BCUT2D eigenvalue weighted by atomic mass is 9.97. The molecule has 1 fully saturated rings. The lowest BCUT2D eigenvalue weighted by molar-refractivity contribution is 0.0966. The summed E-state index contributed by atoms with van der Waals surface area (Å²) in [6.07, 6.45) is 5.87. The number of ether oxygens (including phenoxy) is 2. The van der Waals surface area contributed by atoms with Crippen LogP contribution in [-0.2, 0) is 0 Å². The van der Waals surface area contributed by atoms with E-state index in [1.165, 1.54) is 0 Å². The van der Waals surface area contributed by atoms with Crippen LogP contribution in [-0.4, -0.2) is 46.0 Å². The summed E-state index contributed by atoms with van der Waals surface area (Å²) < 4.78 is 11.0.